The molecule has 0 atom stereocenters. The fourth-order valence-electron chi connectivity index (χ4n) is 2.27. The Labute approximate surface area is 130 Å². The van der Waals surface area contributed by atoms with Gasteiger partial charge in [-0.2, -0.15) is 0 Å². The number of nitrogens with zero attached hydrogens (tertiary/aromatic N) is 1. The Bertz CT molecular complexity index is 859. The first kappa shape index (κ1) is 14.8. The minimum atomic E-state index is -1.11. The van der Waals surface area contributed by atoms with Crippen molar-refractivity contribution in [3.8, 4) is 22.4 Å². The summed E-state index contributed by atoms with van der Waals surface area (Å²) in [5.41, 5.74) is 2.33. The van der Waals surface area contributed by atoms with Gasteiger partial charge in [0.2, 0.25) is 0 Å². The number of hydrogen-bond donors (Lipinski definition) is 1. The van der Waals surface area contributed by atoms with E-state index in [0.29, 0.717) is 22.4 Å². The first-order valence-electron chi connectivity index (χ1n) is 6.80. The highest BCUT2D eigenvalue weighted by Gasteiger charge is 2.13. The Morgan fingerprint density at radius 2 is 1.39 bits per heavy atom. The van der Waals surface area contributed by atoms with Crippen LogP contribution in [-0.2, 0) is 0 Å². The van der Waals surface area contributed by atoms with Gasteiger partial charge in [0.1, 0.15) is 11.6 Å². The van der Waals surface area contributed by atoms with Gasteiger partial charge in [-0.1, -0.05) is 12.1 Å². The van der Waals surface area contributed by atoms with Crippen molar-refractivity contribution in [2.24, 2.45) is 0 Å². The molecule has 0 aliphatic heterocycles. The standard InChI is InChI=1S/C18H11F2NO2/c19-14-5-1-11(2-6-14)16-9-13(18(22)23)10-21-17(16)12-3-7-15(20)8-4-12/h1-10H,(H,22,23). The topological polar surface area (TPSA) is 50.2 Å². The van der Waals surface area contributed by atoms with Crippen molar-refractivity contribution in [2.45, 2.75) is 0 Å². The molecular formula is C18H11F2NO2. The van der Waals surface area contributed by atoms with Crippen LogP contribution in [0.5, 0.6) is 0 Å². The Balaban J connectivity index is 2.20. The first-order valence-corrected chi connectivity index (χ1v) is 6.80. The van der Waals surface area contributed by atoms with E-state index in [1.807, 2.05) is 0 Å². The summed E-state index contributed by atoms with van der Waals surface area (Å²) in [4.78, 5) is 15.4. The third-order valence-corrected chi connectivity index (χ3v) is 3.41. The lowest BCUT2D eigenvalue weighted by molar-refractivity contribution is 0.0696. The average molecular weight is 311 g/mol. The summed E-state index contributed by atoms with van der Waals surface area (Å²) in [5, 5.41) is 9.15. The normalized spacial score (nSPS) is 10.5. The first-order chi connectivity index (χ1) is 11.0. The minimum Gasteiger partial charge on any atom is -0.478 e. The van der Waals surface area contributed by atoms with Crippen LogP contribution in [0.15, 0.2) is 60.8 Å². The zero-order valence-corrected chi connectivity index (χ0v) is 11.8. The number of benzene rings is 2. The van der Waals surface area contributed by atoms with Crippen molar-refractivity contribution >= 4 is 5.97 Å². The van der Waals surface area contributed by atoms with Crippen LogP contribution >= 0.6 is 0 Å². The lowest BCUT2D eigenvalue weighted by Crippen LogP contribution is -2.00. The Morgan fingerprint density at radius 3 is 1.91 bits per heavy atom. The molecule has 2 aromatic carbocycles. The molecule has 1 N–H and O–H groups in total. The van der Waals surface area contributed by atoms with Gasteiger partial charge in [-0.05, 0) is 48.0 Å². The molecule has 0 saturated carbocycles. The van der Waals surface area contributed by atoms with Crippen LogP contribution < -0.4 is 0 Å². The van der Waals surface area contributed by atoms with Gasteiger partial charge in [0, 0.05) is 17.3 Å². The van der Waals surface area contributed by atoms with E-state index in [-0.39, 0.29) is 17.2 Å². The Morgan fingerprint density at radius 1 is 0.870 bits per heavy atom. The zero-order chi connectivity index (χ0) is 16.4. The van der Waals surface area contributed by atoms with Crippen molar-refractivity contribution in [3.63, 3.8) is 0 Å². The molecule has 1 aromatic heterocycles. The molecule has 3 rings (SSSR count). The van der Waals surface area contributed by atoms with Crippen LogP contribution in [0.25, 0.3) is 22.4 Å². The third kappa shape index (κ3) is 3.08. The fraction of sp³-hybridized carbons (Fsp3) is 0. The number of carbonyl (C=O) groups is 1. The molecule has 3 nitrogen and oxygen atoms in total. The number of aromatic nitrogens is 1. The second-order valence-electron chi connectivity index (χ2n) is 4.94. The van der Waals surface area contributed by atoms with Gasteiger partial charge in [0.15, 0.2) is 0 Å². The zero-order valence-electron chi connectivity index (χ0n) is 11.8. The smallest absolute Gasteiger partial charge is 0.337 e. The largest absolute Gasteiger partial charge is 0.478 e. The Kier molecular flexibility index (Phi) is 3.85. The van der Waals surface area contributed by atoms with Gasteiger partial charge >= 0.3 is 5.97 Å². The summed E-state index contributed by atoms with van der Waals surface area (Å²) in [6.45, 7) is 0. The lowest BCUT2D eigenvalue weighted by atomic mass is 9.98. The summed E-state index contributed by atoms with van der Waals surface area (Å²) in [6.07, 6.45) is 1.24. The van der Waals surface area contributed by atoms with Crippen LogP contribution in [0.4, 0.5) is 8.78 Å². The molecule has 0 bridgehead atoms. The van der Waals surface area contributed by atoms with E-state index in [4.69, 9.17) is 5.11 Å². The fourth-order valence-corrected chi connectivity index (χ4v) is 2.27. The second-order valence-corrected chi connectivity index (χ2v) is 4.94. The van der Waals surface area contributed by atoms with Gasteiger partial charge in [-0.15, -0.1) is 0 Å². The highest BCUT2D eigenvalue weighted by Crippen LogP contribution is 2.31. The van der Waals surface area contributed by atoms with Crippen LogP contribution in [0.2, 0.25) is 0 Å². The highest BCUT2D eigenvalue weighted by molar-refractivity contribution is 5.91. The van der Waals surface area contributed by atoms with Gasteiger partial charge in [0.05, 0.1) is 11.3 Å². The molecule has 0 aliphatic rings. The number of aromatic carboxylic acids is 1. The molecule has 0 amide bonds. The number of hydrogen-bond acceptors (Lipinski definition) is 2. The summed E-state index contributed by atoms with van der Waals surface area (Å²) >= 11 is 0. The van der Waals surface area contributed by atoms with Crippen molar-refractivity contribution in [1.29, 1.82) is 0 Å². The van der Waals surface area contributed by atoms with Crippen molar-refractivity contribution in [3.05, 3.63) is 78.0 Å². The SMILES string of the molecule is O=C(O)c1cnc(-c2ccc(F)cc2)c(-c2ccc(F)cc2)c1. The quantitative estimate of drug-likeness (QED) is 0.780. The molecule has 1 heterocycles. The van der Waals surface area contributed by atoms with Gasteiger partial charge in [0.25, 0.3) is 0 Å². The van der Waals surface area contributed by atoms with Gasteiger partial charge < -0.3 is 5.11 Å². The predicted octanol–water partition coefficient (Wildman–Crippen LogP) is 4.39. The van der Waals surface area contributed by atoms with Gasteiger partial charge in [-0.25, -0.2) is 13.6 Å². The van der Waals surface area contributed by atoms with Crippen LogP contribution in [0.3, 0.4) is 0 Å². The molecule has 3 aromatic rings. The van der Waals surface area contributed by atoms with E-state index in [0.717, 1.165) is 0 Å². The van der Waals surface area contributed by atoms with E-state index < -0.39 is 5.97 Å². The van der Waals surface area contributed by atoms with Crippen molar-refractivity contribution in [1.82, 2.24) is 4.98 Å². The lowest BCUT2D eigenvalue weighted by Gasteiger charge is -2.10. The number of rotatable bonds is 3. The summed E-state index contributed by atoms with van der Waals surface area (Å²) in [5.74, 6) is -1.87. The van der Waals surface area contributed by atoms with Crippen LogP contribution in [-0.4, -0.2) is 16.1 Å². The Hall–Kier alpha value is -3.08. The van der Waals surface area contributed by atoms with Crippen molar-refractivity contribution in [2.75, 3.05) is 0 Å². The highest BCUT2D eigenvalue weighted by atomic mass is 19.1. The maximum absolute atomic E-state index is 13.1. The minimum absolute atomic E-state index is 0.0233. The number of carboxylic acids is 1. The summed E-state index contributed by atoms with van der Waals surface area (Å²) in [6, 6.07) is 12.9. The van der Waals surface area contributed by atoms with E-state index in [9.17, 15) is 13.6 Å². The molecule has 114 valence electrons. The molecule has 5 heteroatoms. The molecule has 23 heavy (non-hydrogen) atoms. The second kappa shape index (κ2) is 5.96. The third-order valence-electron chi connectivity index (χ3n) is 3.41. The maximum Gasteiger partial charge on any atom is 0.337 e. The maximum atomic E-state index is 13.1. The van der Waals surface area contributed by atoms with E-state index >= 15 is 0 Å². The molecule has 0 saturated heterocycles. The number of carboxylic acid groups (broad SMARTS) is 1. The van der Waals surface area contributed by atoms with Crippen molar-refractivity contribution < 1.29 is 18.7 Å². The molecule has 0 unspecified atom stereocenters. The molecular weight excluding hydrogens is 300 g/mol. The van der Waals surface area contributed by atoms with E-state index in [2.05, 4.69) is 4.98 Å². The van der Waals surface area contributed by atoms with E-state index in [1.54, 1.807) is 24.3 Å². The molecule has 0 spiro atoms. The molecule has 0 aliphatic carbocycles. The number of halogens is 2. The molecule has 0 fully saturated rings. The molecule has 0 radical (unpaired) electrons. The monoisotopic (exact) mass is 311 g/mol. The van der Waals surface area contributed by atoms with E-state index in [1.165, 1.54) is 36.5 Å². The van der Waals surface area contributed by atoms with Crippen LogP contribution in [0, 0.1) is 11.6 Å². The number of pyridine rings is 1. The predicted molar refractivity (Wildman–Crippen MR) is 82.0 cm³/mol. The average Bonchev–Trinajstić information content (AvgIpc) is 2.56. The summed E-state index contributed by atoms with van der Waals surface area (Å²) in [7, 11) is 0. The summed E-state index contributed by atoms with van der Waals surface area (Å²) < 4.78 is 26.2. The van der Waals surface area contributed by atoms with Crippen LogP contribution in [0.1, 0.15) is 10.4 Å². The van der Waals surface area contributed by atoms with Gasteiger partial charge in [-0.3, -0.25) is 4.98 Å².